The van der Waals surface area contributed by atoms with Crippen molar-refractivity contribution in [3.63, 3.8) is 0 Å². The molecule has 1 atom stereocenters. The van der Waals surface area contributed by atoms with Crippen LogP contribution in [0.2, 0.25) is 0 Å². The number of hydrogen-bond donors (Lipinski definition) is 1. The van der Waals surface area contributed by atoms with E-state index >= 15 is 0 Å². The summed E-state index contributed by atoms with van der Waals surface area (Å²) in [6, 6.07) is 0.871. The summed E-state index contributed by atoms with van der Waals surface area (Å²) < 4.78 is 0. The monoisotopic (exact) mass is 181 g/mol. The van der Waals surface area contributed by atoms with Crippen LogP contribution in [0.15, 0.2) is 12.7 Å². The van der Waals surface area contributed by atoms with Gasteiger partial charge >= 0.3 is 0 Å². The Hall–Kier alpha value is -0.300. The molecule has 1 rings (SSSR count). The Balaban J connectivity index is 1.84. The lowest BCUT2D eigenvalue weighted by Gasteiger charge is -2.11. The Labute approximate surface area is 82.6 Å². The van der Waals surface area contributed by atoms with Crippen LogP contribution in [0.3, 0.4) is 0 Å². The molecule has 1 heteroatoms. The molecule has 1 nitrogen and oxygen atoms in total. The van der Waals surface area contributed by atoms with Gasteiger partial charge in [-0.05, 0) is 44.6 Å². The summed E-state index contributed by atoms with van der Waals surface area (Å²) >= 11 is 0. The van der Waals surface area contributed by atoms with E-state index < -0.39 is 0 Å². The zero-order chi connectivity index (χ0) is 9.52. The van der Waals surface area contributed by atoms with Crippen molar-refractivity contribution in [3.8, 4) is 0 Å². The van der Waals surface area contributed by atoms with Crippen LogP contribution in [-0.4, -0.2) is 12.6 Å². The van der Waals surface area contributed by atoms with Crippen LogP contribution in [0.4, 0.5) is 0 Å². The Morgan fingerprint density at radius 3 is 2.85 bits per heavy atom. The molecule has 1 unspecified atom stereocenters. The maximum Gasteiger partial charge on any atom is 0.00683 e. The third kappa shape index (κ3) is 5.87. The van der Waals surface area contributed by atoms with Gasteiger partial charge in [-0.15, -0.1) is 6.58 Å². The minimum Gasteiger partial charge on any atom is -0.314 e. The van der Waals surface area contributed by atoms with Crippen molar-refractivity contribution in [1.82, 2.24) is 5.32 Å². The van der Waals surface area contributed by atoms with E-state index in [-0.39, 0.29) is 0 Å². The molecule has 0 saturated heterocycles. The molecule has 0 aromatic carbocycles. The SMILES string of the molecule is C=CCCCCC(C)CNC1CC1. The van der Waals surface area contributed by atoms with Crippen LogP contribution in [-0.2, 0) is 0 Å². The molecule has 0 aliphatic heterocycles. The number of unbranched alkanes of at least 4 members (excludes halogenated alkanes) is 2. The normalized spacial score (nSPS) is 18.5. The molecule has 0 aromatic heterocycles. The van der Waals surface area contributed by atoms with Gasteiger partial charge < -0.3 is 5.32 Å². The average Bonchev–Trinajstić information content (AvgIpc) is 2.92. The molecule has 1 fully saturated rings. The predicted octanol–water partition coefficient (Wildman–Crippen LogP) is 3.12. The summed E-state index contributed by atoms with van der Waals surface area (Å²) in [5.41, 5.74) is 0. The van der Waals surface area contributed by atoms with E-state index in [2.05, 4.69) is 18.8 Å². The number of nitrogens with one attached hydrogen (secondary N) is 1. The van der Waals surface area contributed by atoms with Crippen molar-refractivity contribution in [3.05, 3.63) is 12.7 Å². The van der Waals surface area contributed by atoms with Gasteiger partial charge in [0.1, 0.15) is 0 Å². The van der Waals surface area contributed by atoms with Crippen LogP contribution in [0.25, 0.3) is 0 Å². The summed E-state index contributed by atoms with van der Waals surface area (Å²) in [5, 5.41) is 3.58. The molecule has 0 amide bonds. The molecule has 1 aliphatic carbocycles. The largest absolute Gasteiger partial charge is 0.314 e. The van der Waals surface area contributed by atoms with E-state index in [0.29, 0.717) is 0 Å². The summed E-state index contributed by atoms with van der Waals surface area (Å²) in [5.74, 6) is 0.852. The lowest BCUT2D eigenvalue weighted by atomic mass is 10.0. The Bertz CT molecular complexity index is 138. The highest BCUT2D eigenvalue weighted by atomic mass is 14.9. The van der Waals surface area contributed by atoms with Crippen molar-refractivity contribution >= 4 is 0 Å². The Morgan fingerprint density at radius 1 is 1.46 bits per heavy atom. The van der Waals surface area contributed by atoms with Crippen molar-refractivity contribution in [2.45, 2.75) is 51.5 Å². The third-order valence-electron chi connectivity index (χ3n) is 2.69. The quantitative estimate of drug-likeness (QED) is 0.448. The molecule has 0 bridgehead atoms. The van der Waals surface area contributed by atoms with Crippen molar-refractivity contribution < 1.29 is 0 Å². The maximum atomic E-state index is 3.73. The van der Waals surface area contributed by atoms with Gasteiger partial charge in [0, 0.05) is 6.04 Å². The van der Waals surface area contributed by atoms with Crippen LogP contribution in [0.1, 0.15) is 45.4 Å². The standard InChI is InChI=1S/C12H23N/c1-3-4-5-6-7-11(2)10-13-12-8-9-12/h3,11-13H,1,4-10H2,2H3. The highest BCUT2D eigenvalue weighted by Gasteiger charge is 2.20. The third-order valence-corrected chi connectivity index (χ3v) is 2.69. The van der Waals surface area contributed by atoms with Crippen LogP contribution >= 0.6 is 0 Å². The van der Waals surface area contributed by atoms with Crippen molar-refractivity contribution in [1.29, 1.82) is 0 Å². The fraction of sp³-hybridized carbons (Fsp3) is 0.833. The van der Waals surface area contributed by atoms with Gasteiger partial charge in [-0.2, -0.15) is 0 Å². The summed E-state index contributed by atoms with van der Waals surface area (Å²) in [7, 11) is 0. The summed E-state index contributed by atoms with van der Waals surface area (Å²) in [6.07, 6.45) is 10.1. The minimum absolute atomic E-state index is 0.852. The van der Waals surface area contributed by atoms with Crippen molar-refractivity contribution in [2.24, 2.45) is 5.92 Å². The van der Waals surface area contributed by atoms with E-state index in [0.717, 1.165) is 12.0 Å². The van der Waals surface area contributed by atoms with Gasteiger partial charge in [0.05, 0.1) is 0 Å². The molecule has 1 saturated carbocycles. The highest BCUT2D eigenvalue weighted by molar-refractivity contribution is 4.81. The molecular weight excluding hydrogens is 158 g/mol. The average molecular weight is 181 g/mol. The lowest BCUT2D eigenvalue weighted by Crippen LogP contribution is -2.23. The summed E-state index contributed by atoms with van der Waals surface area (Å²) in [6.45, 7) is 7.30. The van der Waals surface area contributed by atoms with Gasteiger partial charge in [-0.3, -0.25) is 0 Å². The second-order valence-corrected chi connectivity index (χ2v) is 4.36. The molecule has 76 valence electrons. The minimum atomic E-state index is 0.852. The molecule has 0 spiro atoms. The van der Waals surface area contributed by atoms with E-state index in [9.17, 15) is 0 Å². The highest BCUT2D eigenvalue weighted by Crippen LogP contribution is 2.19. The first-order valence-corrected chi connectivity index (χ1v) is 5.67. The van der Waals surface area contributed by atoms with Crippen LogP contribution < -0.4 is 5.32 Å². The maximum absolute atomic E-state index is 3.73. The second-order valence-electron chi connectivity index (χ2n) is 4.36. The Kier molecular flexibility index (Phi) is 5.14. The zero-order valence-electron chi connectivity index (χ0n) is 8.89. The van der Waals surface area contributed by atoms with Gasteiger partial charge in [0.2, 0.25) is 0 Å². The van der Waals surface area contributed by atoms with Gasteiger partial charge in [0.15, 0.2) is 0 Å². The van der Waals surface area contributed by atoms with Gasteiger partial charge in [-0.25, -0.2) is 0 Å². The van der Waals surface area contributed by atoms with E-state index in [1.54, 1.807) is 0 Å². The van der Waals surface area contributed by atoms with E-state index in [1.807, 2.05) is 6.08 Å². The number of allylic oxidation sites excluding steroid dienone is 1. The van der Waals surface area contributed by atoms with Crippen LogP contribution in [0.5, 0.6) is 0 Å². The van der Waals surface area contributed by atoms with Crippen LogP contribution in [0, 0.1) is 5.92 Å². The van der Waals surface area contributed by atoms with E-state index in [1.165, 1.54) is 45.1 Å². The number of rotatable bonds is 8. The first-order chi connectivity index (χ1) is 6.33. The fourth-order valence-electron chi connectivity index (χ4n) is 1.54. The van der Waals surface area contributed by atoms with E-state index in [4.69, 9.17) is 0 Å². The van der Waals surface area contributed by atoms with Crippen molar-refractivity contribution in [2.75, 3.05) is 6.54 Å². The number of hydrogen-bond acceptors (Lipinski definition) is 1. The second kappa shape index (κ2) is 6.20. The summed E-state index contributed by atoms with van der Waals surface area (Å²) in [4.78, 5) is 0. The smallest absolute Gasteiger partial charge is 0.00683 e. The molecule has 13 heavy (non-hydrogen) atoms. The molecule has 0 heterocycles. The first-order valence-electron chi connectivity index (χ1n) is 5.67. The van der Waals surface area contributed by atoms with Gasteiger partial charge in [0.25, 0.3) is 0 Å². The zero-order valence-corrected chi connectivity index (χ0v) is 8.89. The predicted molar refractivity (Wildman–Crippen MR) is 58.9 cm³/mol. The molecule has 1 N–H and O–H groups in total. The molecular formula is C12H23N. The first kappa shape index (κ1) is 10.8. The molecule has 1 aliphatic rings. The molecule has 0 aromatic rings. The Morgan fingerprint density at radius 2 is 2.23 bits per heavy atom. The fourth-order valence-corrected chi connectivity index (χ4v) is 1.54. The molecule has 0 radical (unpaired) electrons. The van der Waals surface area contributed by atoms with Gasteiger partial charge in [-0.1, -0.05) is 19.4 Å². The lowest BCUT2D eigenvalue weighted by molar-refractivity contribution is 0.459. The topological polar surface area (TPSA) is 12.0 Å².